The molecule has 6 heteroatoms. The third-order valence-electron chi connectivity index (χ3n) is 4.58. The van der Waals surface area contributed by atoms with Gasteiger partial charge in [-0.25, -0.2) is 9.18 Å². The van der Waals surface area contributed by atoms with Crippen molar-refractivity contribution in [1.29, 1.82) is 0 Å². The number of hydrogen-bond acceptors (Lipinski definition) is 2. The Hall–Kier alpha value is -2.37. The number of likely N-dealkylation sites (tertiary alicyclic amines) is 1. The first-order chi connectivity index (χ1) is 11.5. The Balaban J connectivity index is 1.51. The molecule has 0 radical (unpaired) electrons. The minimum atomic E-state index is -0.212. The summed E-state index contributed by atoms with van der Waals surface area (Å²) >= 11 is 0. The molecule has 2 heterocycles. The van der Waals surface area contributed by atoms with Crippen molar-refractivity contribution in [1.82, 2.24) is 20.0 Å². The van der Waals surface area contributed by atoms with E-state index in [0.717, 1.165) is 37.1 Å². The van der Waals surface area contributed by atoms with Gasteiger partial charge in [0.1, 0.15) is 5.82 Å². The predicted molar refractivity (Wildman–Crippen MR) is 89.9 cm³/mol. The SMILES string of the molecule is CC(NC(=O)N1CCC(Cc2ccc(F)cc2)C1)c1cnn(C)c1. The lowest BCUT2D eigenvalue weighted by atomic mass is 9.99. The van der Waals surface area contributed by atoms with Crippen LogP contribution in [0.5, 0.6) is 0 Å². The van der Waals surface area contributed by atoms with Crippen LogP contribution in [0.4, 0.5) is 9.18 Å². The van der Waals surface area contributed by atoms with Gasteiger partial charge in [0.15, 0.2) is 0 Å². The lowest BCUT2D eigenvalue weighted by Crippen LogP contribution is -2.39. The summed E-state index contributed by atoms with van der Waals surface area (Å²) in [7, 11) is 1.86. The number of rotatable bonds is 4. The van der Waals surface area contributed by atoms with E-state index in [-0.39, 0.29) is 17.9 Å². The molecule has 0 spiro atoms. The molecule has 128 valence electrons. The Morgan fingerprint density at radius 3 is 2.83 bits per heavy atom. The lowest BCUT2D eigenvalue weighted by Gasteiger charge is -2.20. The van der Waals surface area contributed by atoms with Crippen molar-refractivity contribution >= 4 is 6.03 Å². The van der Waals surface area contributed by atoms with Gasteiger partial charge in [-0.05, 0) is 43.4 Å². The molecule has 1 saturated heterocycles. The van der Waals surface area contributed by atoms with Crippen LogP contribution >= 0.6 is 0 Å². The van der Waals surface area contributed by atoms with Gasteiger partial charge in [0, 0.05) is 31.9 Å². The maximum atomic E-state index is 13.0. The summed E-state index contributed by atoms with van der Waals surface area (Å²) < 4.78 is 14.7. The Kier molecular flexibility index (Phi) is 4.83. The van der Waals surface area contributed by atoms with Gasteiger partial charge in [-0.15, -0.1) is 0 Å². The van der Waals surface area contributed by atoms with Crippen LogP contribution < -0.4 is 5.32 Å². The zero-order chi connectivity index (χ0) is 17.1. The average molecular weight is 330 g/mol. The van der Waals surface area contributed by atoms with Crippen LogP contribution in [-0.4, -0.2) is 33.8 Å². The van der Waals surface area contributed by atoms with Gasteiger partial charge < -0.3 is 10.2 Å². The van der Waals surface area contributed by atoms with Gasteiger partial charge in [-0.2, -0.15) is 5.10 Å². The van der Waals surface area contributed by atoms with Crippen molar-refractivity contribution in [2.45, 2.75) is 25.8 Å². The minimum Gasteiger partial charge on any atom is -0.331 e. The number of carbonyl (C=O) groups excluding carboxylic acids is 1. The van der Waals surface area contributed by atoms with E-state index in [1.807, 2.05) is 37.2 Å². The summed E-state index contributed by atoms with van der Waals surface area (Å²) in [6, 6.07) is 6.52. The fourth-order valence-corrected chi connectivity index (χ4v) is 3.16. The molecule has 1 N–H and O–H groups in total. The second-order valence-electron chi connectivity index (χ2n) is 6.55. The number of urea groups is 1. The molecule has 2 amide bonds. The monoisotopic (exact) mass is 330 g/mol. The normalized spacial score (nSPS) is 18.6. The van der Waals surface area contributed by atoms with E-state index in [1.54, 1.807) is 10.9 Å². The summed E-state index contributed by atoms with van der Waals surface area (Å²) in [5, 5.41) is 7.16. The van der Waals surface area contributed by atoms with Crippen molar-refractivity contribution in [3.8, 4) is 0 Å². The topological polar surface area (TPSA) is 50.2 Å². The highest BCUT2D eigenvalue weighted by Gasteiger charge is 2.27. The largest absolute Gasteiger partial charge is 0.331 e. The fraction of sp³-hybridized carbons (Fsp3) is 0.444. The number of carbonyl (C=O) groups is 1. The maximum Gasteiger partial charge on any atom is 0.317 e. The third-order valence-corrected chi connectivity index (χ3v) is 4.58. The highest BCUT2D eigenvalue weighted by molar-refractivity contribution is 5.75. The third kappa shape index (κ3) is 3.93. The van der Waals surface area contributed by atoms with Crippen molar-refractivity contribution in [3.05, 3.63) is 53.6 Å². The molecule has 1 aliphatic rings. The number of aromatic nitrogens is 2. The number of hydrogen-bond donors (Lipinski definition) is 1. The number of amides is 2. The Morgan fingerprint density at radius 2 is 2.17 bits per heavy atom. The van der Waals surface area contributed by atoms with Crippen molar-refractivity contribution in [3.63, 3.8) is 0 Å². The second kappa shape index (κ2) is 7.03. The molecule has 1 aromatic carbocycles. The molecule has 2 unspecified atom stereocenters. The van der Waals surface area contributed by atoms with Crippen LogP contribution in [0.25, 0.3) is 0 Å². The van der Waals surface area contributed by atoms with E-state index in [9.17, 15) is 9.18 Å². The van der Waals surface area contributed by atoms with Gasteiger partial charge in [0.2, 0.25) is 0 Å². The molecule has 0 bridgehead atoms. The van der Waals surface area contributed by atoms with Crippen LogP contribution in [0.15, 0.2) is 36.7 Å². The van der Waals surface area contributed by atoms with E-state index in [1.165, 1.54) is 12.1 Å². The number of benzene rings is 1. The first-order valence-corrected chi connectivity index (χ1v) is 8.29. The molecule has 1 aliphatic heterocycles. The summed E-state index contributed by atoms with van der Waals surface area (Å²) in [5.74, 6) is 0.213. The minimum absolute atomic E-state index is 0.0343. The number of halogens is 1. The van der Waals surface area contributed by atoms with Crippen molar-refractivity contribution in [2.24, 2.45) is 13.0 Å². The first kappa shape index (κ1) is 16.5. The van der Waals surface area contributed by atoms with E-state index in [2.05, 4.69) is 10.4 Å². The molecule has 24 heavy (non-hydrogen) atoms. The molecule has 1 fully saturated rings. The van der Waals surface area contributed by atoms with E-state index >= 15 is 0 Å². The van der Waals surface area contributed by atoms with Gasteiger partial charge in [0.05, 0.1) is 12.2 Å². The Bertz CT molecular complexity index is 697. The zero-order valence-corrected chi connectivity index (χ0v) is 14.1. The molecular formula is C18H23FN4O. The van der Waals surface area contributed by atoms with E-state index in [4.69, 9.17) is 0 Å². The van der Waals surface area contributed by atoms with Gasteiger partial charge in [-0.3, -0.25) is 4.68 Å². The Labute approximate surface area is 141 Å². The highest BCUT2D eigenvalue weighted by Crippen LogP contribution is 2.22. The van der Waals surface area contributed by atoms with Crippen LogP contribution in [0, 0.1) is 11.7 Å². The Morgan fingerprint density at radius 1 is 1.42 bits per heavy atom. The molecule has 3 rings (SSSR count). The molecule has 2 atom stereocenters. The van der Waals surface area contributed by atoms with E-state index in [0.29, 0.717) is 5.92 Å². The number of nitrogens with one attached hydrogen (secondary N) is 1. The molecule has 5 nitrogen and oxygen atoms in total. The van der Waals surface area contributed by atoms with Gasteiger partial charge in [-0.1, -0.05) is 12.1 Å². The van der Waals surface area contributed by atoms with Gasteiger partial charge in [0.25, 0.3) is 0 Å². The van der Waals surface area contributed by atoms with Crippen LogP contribution in [0.2, 0.25) is 0 Å². The summed E-state index contributed by atoms with van der Waals surface area (Å²) in [6.07, 6.45) is 5.53. The second-order valence-corrected chi connectivity index (χ2v) is 6.55. The molecule has 0 aliphatic carbocycles. The summed E-state index contributed by atoms with van der Waals surface area (Å²) in [6.45, 7) is 3.46. The first-order valence-electron chi connectivity index (χ1n) is 8.29. The van der Waals surface area contributed by atoms with Gasteiger partial charge >= 0.3 is 6.03 Å². The molecule has 1 aromatic heterocycles. The lowest BCUT2D eigenvalue weighted by molar-refractivity contribution is 0.203. The van der Waals surface area contributed by atoms with Crippen LogP contribution in [0.3, 0.4) is 0 Å². The summed E-state index contributed by atoms with van der Waals surface area (Å²) in [4.78, 5) is 14.3. The van der Waals surface area contributed by atoms with Crippen LogP contribution in [-0.2, 0) is 13.5 Å². The van der Waals surface area contributed by atoms with E-state index < -0.39 is 0 Å². The maximum absolute atomic E-state index is 13.0. The molecule has 0 saturated carbocycles. The average Bonchev–Trinajstić information content (AvgIpc) is 3.19. The smallest absolute Gasteiger partial charge is 0.317 e. The standard InChI is InChI=1S/C18H23FN4O/c1-13(16-10-20-22(2)12-16)21-18(24)23-8-7-15(11-23)9-14-3-5-17(19)6-4-14/h3-6,10,12-13,15H,7-9,11H2,1-2H3,(H,21,24). The van der Waals surface area contributed by atoms with Crippen molar-refractivity contribution in [2.75, 3.05) is 13.1 Å². The zero-order valence-electron chi connectivity index (χ0n) is 14.1. The fourth-order valence-electron chi connectivity index (χ4n) is 3.16. The summed E-state index contributed by atoms with van der Waals surface area (Å²) in [5.41, 5.74) is 2.11. The molecule has 2 aromatic rings. The van der Waals surface area contributed by atoms with Crippen molar-refractivity contribution < 1.29 is 9.18 Å². The van der Waals surface area contributed by atoms with Crippen LogP contribution in [0.1, 0.15) is 30.5 Å². The number of nitrogens with zero attached hydrogens (tertiary/aromatic N) is 3. The molecular weight excluding hydrogens is 307 g/mol. The number of aryl methyl sites for hydroxylation is 1. The quantitative estimate of drug-likeness (QED) is 0.937. The highest BCUT2D eigenvalue weighted by atomic mass is 19.1. The predicted octanol–water partition coefficient (Wildman–Crippen LogP) is 2.89.